The van der Waals surface area contributed by atoms with Crippen molar-refractivity contribution in [1.29, 1.82) is 0 Å². The lowest BCUT2D eigenvalue weighted by molar-refractivity contribution is 0.691. The van der Waals surface area contributed by atoms with E-state index in [2.05, 4.69) is 72.5 Å². The smallest absolute Gasteiger partial charge is 0.0499 e. The van der Waals surface area contributed by atoms with Crippen molar-refractivity contribution in [1.82, 2.24) is 0 Å². The van der Waals surface area contributed by atoms with E-state index < -0.39 is 0 Å². The predicted molar refractivity (Wildman–Crippen MR) is 102 cm³/mol. The third-order valence-electron chi connectivity index (χ3n) is 4.83. The second-order valence-corrected chi connectivity index (χ2v) is 6.39. The zero-order chi connectivity index (χ0) is 16.5. The molecular formula is C22H22N2. The van der Waals surface area contributed by atoms with Crippen molar-refractivity contribution in [2.24, 2.45) is 0 Å². The van der Waals surface area contributed by atoms with Gasteiger partial charge in [0.15, 0.2) is 0 Å². The Hall–Kier alpha value is -2.74. The molecule has 0 aromatic heterocycles. The summed E-state index contributed by atoms with van der Waals surface area (Å²) in [6.45, 7) is 2.26. The van der Waals surface area contributed by atoms with Gasteiger partial charge in [0.05, 0.1) is 0 Å². The van der Waals surface area contributed by atoms with E-state index in [9.17, 15) is 0 Å². The van der Waals surface area contributed by atoms with Crippen LogP contribution in [0.2, 0.25) is 0 Å². The van der Waals surface area contributed by atoms with Crippen LogP contribution < -0.4 is 10.6 Å². The molecule has 3 aromatic carbocycles. The van der Waals surface area contributed by atoms with Crippen LogP contribution in [-0.4, -0.2) is 0 Å². The number of anilines is 4. The molecule has 0 saturated carbocycles. The summed E-state index contributed by atoms with van der Waals surface area (Å²) in [6, 6.07) is 25.7. The summed E-state index contributed by atoms with van der Waals surface area (Å²) in [5.41, 5.74) is 13.2. The molecule has 0 saturated heterocycles. The Morgan fingerprint density at radius 3 is 1.88 bits per heavy atom. The summed E-state index contributed by atoms with van der Waals surface area (Å²) < 4.78 is 0. The zero-order valence-corrected chi connectivity index (χ0v) is 13.9. The first-order valence-electron chi connectivity index (χ1n) is 8.63. The van der Waals surface area contributed by atoms with Crippen molar-refractivity contribution in [2.75, 3.05) is 10.6 Å². The highest BCUT2D eigenvalue weighted by Gasteiger charge is 2.30. The zero-order valence-electron chi connectivity index (χ0n) is 13.9. The predicted octanol–water partition coefficient (Wildman–Crippen LogP) is 5.98. The van der Waals surface area contributed by atoms with Gasteiger partial charge in [-0.05, 0) is 53.9 Å². The molecule has 0 fully saturated rings. The van der Waals surface area contributed by atoms with E-state index >= 15 is 0 Å². The number of para-hydroxylation sites is 2. The Bertz CT molecular complexity index is 804. The average molecular weight is 314 g/mol. The van der Waals surface area contributed by atoms with Crippen molar-refractivity contribution in [2.45, 2.75) is 25.7 Å². The SMILES string of the molecule is CCCC1c2ccccc2N(c2ccc(N)cc2)c2ccccc21. The average Bonchev–Trinajstić information content (AvgIpc) is 2.63. The number of hydrogen-bond acceptors (Lipinski definition) is 2. The largest absolute Gasteiger partial charge is 0.399 e. The molecule has 0 unspecified atom stereocenters. The van der Waals surface area contributed by atoms with Gasteiger partial charge in [0, 0.05) is 28.7 Å². The maximum absolute atomic E-state index is 5.89. The Morgan fingerprint density at radius 1 is 0.792 bits per heavy atom. The van der Waals surface area contributed by atoms with Crippen LogP contribution in [0.25, 0.3) is 0 Å². The molecule has 0 radical (unpaired) electrons. The monoisotopic (exact) mass is 314 g/mol. The number of fused-ring (bicyclic) bond motifs is 2. The Morgan fingerprint density at radius 2 is 1.33 bits per heavy atom. The summed E-state index contributed by atoms with van der Waals surface area (Å²) in [4.78, 5) is 2.36. The Kier molecular flexibility index (Phi) is 3.73. The van der Waals surface area contributed by atoms with Gasteiger partial charge in [0.25, 0.3) is 0 Å². The van der Waals surface area contributed by atoms with Gasteiger partial charge in [-0.15, -0.1) is 0 Å². The van der Waals surface area contributed by atoms with Crippen molar-refractivity contribution in [3.8, 4) is 0 Å². The molecule has 1 aliphatic heterocycles. The Balaban J connectivity index is 1.95. The van der Waals surface area contributed by atoms with Gasteiger partial charge in [-0.1, -0.05) is 49.7 Å². The van der Waals surface area contributed by atoms with E-state index in [-0.39, 0.29) is 0 Å². The fourth-order valence-corrected chi connectivity index (χ4v) is 3.77. The third kappa shape index (κ3) is 2.35. The molecule has 4 rings (SSSR count). The van der Waals surface area contributed by atoms with Gasteiger partial charge in [0.1, 0.15) is 0 Å². The van der Waals surface area contributed by atoms with E-state index in [4.69, 9.17) is 5.73 Å². The molecule has 0 aliphatic carbocycles. The minimum atomic E-state index is 0.465. The first kappa shape index (κ1) is 14.8. The topological polar surface area (TPSA) is 29.3 Å². The molecule has 2 heteroatoms. The van der Waals surface area contributed by atoms with Gasteiger partial charge < -0.3 is 10.6 Å². The summed E-state index contributed by atoms with van der Waals surface area (Å²) in [7, 11) is 0. The second-order valence-electron chi connectivity index (χ2n) is 6.39. The van der Waals surface area contributed by atoms with E-state index in [0.29, 0.717) is 5.92 Å². The molecule has 24 heavy (non-hydrogen) atoms. The van der Waals surface area contributed by atoms with Crippen LogP contribution in [-0.2, 0) is 0 Å². The molecule has 3 aromatic rings. The summed E-state index contributed by atoms with van der Waals surface area (Å²) in [6.07, 6.45) is 2.35. The molecule has 120 valence electrons. The summed E-state index contributed by atoms with van der Waals surface area (Å²) >= 11 is 0. The molecule has 0 bridgehead atoms. The second kappa shape index (κ2) is 6.04. The molecule has 0 atom stereocenters. The van der Waals surface area contributed by atoms with E-state index in [0.717, 1.165) is 11.4 Å². The minimum absolute atomic E-state index is 0.465. The number of rotatable bonds is 3. The van der Waals surface area contributed by atoms with Crippen LogP contribution in [0.15, 0.2) is 72.8 Å². The summed E-state index contributed by atoms with van der Waals surface area (Å²) in [5, 5.41) is 0. The lowest BCUT2D eigenvalue weighted by atomic mass is 9.82. The van der Waals surface area contributed by atoms with Crippen molar-refractivity contribution < 1.29 is 0 Å². The highest BCUT2D eigenvalue weighted by molar-refractivity contribution is 5.84. The van der Waals surface area contributed by atoms with Crippen LogP contribution in [0.3, 0.4) is 0 Å². The number of hydrogen-bond donors (Lipinski definition) is 1. The highest BCUT2D eigenvalue weighted by Crippen LogP contribution is 2.50. The first-order chi connectivity index (χ1) is 11.8. The fourth-order valence-electron chi connectivity index (χ4n) is 3.77. The molecule has 0 spiro atoms. The van der Waals surface area contributed by atoms with Crippen LogP contribution in [0.4, 0.5) is 22.7 Å². The third-order valence-corrected chi connectivity index (χ3v) is 4.83. The fraction of sp³-hybridized carbons (Fsp3) is 0.182. The van der Waals surface area contributed by atoms with Crippen LogP contribution >= 0.6 is 0 Å². The molecule has 0 amide bonds. The molecular weight excluding hydrogens is 292 g/mol. The molecule has 1 heterocycles. The van der Waals surface area contributed by atoms with Crippen molar-refractivity contribution in [3.63, 3.8) is 0 Å². The van der Waals surface area contributed by atoms with Gasteiger partial charge in [-0.25, -0.2) is 0 Å². The highest BCUT2D eigenvalue weighted by atomic mass is 15.2. The number of nitrogens with zero attached hydrogens (tertiary/aromatic N) is 1. The quantitative estimate of drug-likeness (QED) is 0.602. The number of nitrogen functional groups attached to an aromatic ring is 1. The van der Waals surface area contributed by atoms with Gasteiger partial charge in [-0.3, -0.25) is 0 Å². The van der Waals surface area contributed by atoms with Crippen molar-refractivity contribution in [3.05, 3.63) is 83.9 Å². The van der Waals surface area contributed by atoms with Crippen molar-refractivity contribution >= 4 is 22.7 Å². The first-order valence-corrected chi connectivity index (χ1v) is 8.63. The molecule has 1 aliphatic rings. The maximum atomic E-state index is 5.89. The van der Waals surface area contributed by atoms with E-state index in [1.807, 2.05) is 12.1 Å². The molecule has 2 N–H and O–H groups in total. The number of nitrogens with two attached hydrogens (primary N) is 1. The van der Waals surface area contributed by atoms with Gasteiger partial charge in [-0.2, -0.15) is 0 Å². The lowest BCUT2D eigenvalue weighted by Gasteiger charge is -2.37. The van der Waals surface area contributed by atoms with Crippen LogP contribution in [0.5, 0.6) is 0 Å². The van der Waals surface area contributed by atoms with E-state index in [1.54, 1.807) is 0 Å². The van der Waals surface area contributed by atoms with Crippen LogP contribution in [0.1, 0.15) is 36.8 Å². The van der Waals surface area contributed by atoms with Crippen LogP contribution in [0, 0.1) is 0 Å². The summed E-state index contributed by atoms with van der Waals surface area (Å²) in [5.74, 6) is 0.465. The standard InChI is InChI=1S/C22H22N2/c1-2-7-18-19-8-3-5-10-21(19)24(17-14-12-16(23)13-15-17)22-11-6-4-9-20(18)22/h3-6,8-15,18H,2,7,23H2,1H3. The van der Waals surface area contributed by atoms with Gasteiger partial charge in [0.2, 0.25) is 0 Å². The van der Waals surface area contributed by atoms with Gasteiger partial charge >= 0.3 is 0 Å². The minimum Gasteiger partial charge on any atom is -0.399 e. The lowest BCUT2D eigenvalue weighted by Crippen LogP contribution is -2.21. The maximum Gasteiger partial charge on any atom is 0.0499 e. The normalized spacial score (nSPS) is 13.5. The molecule has 2 nitrogen and oxygen atoms in total. The van der Waals surface area contributed by atoms with E-state index in [1.165, 1.54) is 35.3 Å². The number of benzene rings is 3. The Labute approximate surface area is 143 Å².